The summed E-state index contributed by atoms with van der Waals surface area (Å²) in [5, 5.41) is 3.27. The summed E-state index contributed by atoms with van der Waals surface area (Å²) in [4.78, 5) is 35.6. The third kappa shape index (κ3) is 4.32. The summed E-state index contributed by atoms with van der Waals surface area (Å²) >= 11 is 0. The number of amides is 2. The van der Waals surface area contributed by atoms with Crippen molar-refractivity contribution in [3.8, 4) is 0 Å². The van der Waals surface area contributed by atoms with Gasteiger partial charge >= 0.3 is 0 Å². The van der Waals surface area contributed by atoms with Crippen molar-refractivity contribution in [1.82, 2.24) is 19.8 Å². The van der Waals surface area contributed by atoms with E-state index in [1.165, 1.54) is 0 Å². The highest BCUT2D eigenvalue weighted by atomic mass is 16.2. The van der Waals surface area contributed by atoms with Crippen LogP contribution in [0.15, 0.2) is 42.9 Å². The third-order valence-corrected chi connectivity index (χ3v) is 4.24. The summed E-state index contributed by atoms with van der Waals surface area (Å²) in [6.07, 6.45) is 5.17. The molecule has 2 aromatic heterocycles. The molecule has 1 N–H and O–H groups in total. The second kappa shape index (κ2) is 7.74. The predicted octanol–water partition coefficient (Wildman–Crippen LogP) is 1.39. The Bertz CT molecular complexity index is 725. The summed E-state index contributed by atoms with van der Waals surface area (Å²) < 4.78 is 0. The van der Waals surface area contributed by atoms with Gasteiger partial charge in [-0.2, -0.15) is 0 Å². The maximum absolute atomic E-state index is 12.5. The van der Waals surface area contributed by atoms with Gasteiger partial charge in [0.25, 0.3) is 5.91 Å². The molecule has 0 aliphatic carbocycles. The Labute approximate surface area is 146 Å². The number of anilines is 1. The van der Waals surface area contributed by atoms with Gasteiger partial charge in [0.05, 0.1) is 11.9 Å². The van der Waals surface area contributed by atoms with Gasteiger partial charge < -0.3 is 15.1 Å². The van der Waals surface area contributed by atoms with Gasteiger partial charge in [0.1, 0.15) is 5.69 Å². The van der Waals surface area contributed by atoms with Crippen LogP contribution in [0.5, 0.6) is 0 Å². The molecular weight excluding hydrogens is 318 g/mol. The van der Waals surface area contributed by atoms with E-state index in [0.29, 0.717) is 38.4 Å². The number of pyridine rings is 2. The van der Waals surface area contributed by atoms with Gasteiger partial charge in [-0.15, -0.1) is 0 Å². The molecule has 2 amide bonds. The Hall–Kier alpha value is -2.96. The van der Waals surface area contributed by atoms with E-state index in [1.807, 2.05) is 18.2 Å². The summed E-state index contributed by atoms with van der Waals surface area (Å²) in [6, 6.07) is 7.47. The molecule has 0 atom stereocenters. The molecule has 7 heteroatoms. The number of piperazine rings is 1. The molecule has 2 aromatic rings. The van der Waals surface area contributed by atoms with Crippen molar-refractivity contribution in [2.24, 2.45) is 0 Å². The normalized spacial score (nSPS) is 14.3. The van der Waals surface area contributed by atoms with Gasteiger partial charge in [0.15, 0.2) is 0 Å². The van der Waals surface area contributed by atoms with Gasteiger partial charge in [-0.1, -0.05) is 0 Å². The van der Waals surface area contributed by atoms with Crippen LogP contribution in [0.1, 0.15) is 23.0 Å². The van der Waals surface area contributed by atoms with Crippen LogP contribution in [0.2, 0.25) is 0 Å². The number of carbonyl (C=O) groups is 2. The van der Waals surface area contributed by atoms with Gasteiger partial charge in [0.2, 0.25) is 5.91 Å². The highest BCUT2D eigenvalue weighted by molar-refractivity contribution is 5.92. The second-order valence-electron chi connectivity index (χ2n) is 5.94. The fraction of sp³-hybridized carbons (Fsp3) is 0.333. The maximum Gasteiger partial charge on any atom is 0.272 e. The van der Waals surface area contributed by atoms with E-state index in [2.05, 4.69) is 15.3 Å². The van der Waals surface area contributed by atoms with E-state index in [4.69, 9.17) is 0 Å². The third-order valence-electron chi connectivity index (χ3n) is 4.24. The molecule has 130 valence electrons. The van der Waals surface area contributed by atoms with E-state index in [-0.39, 0.29) is 11.8 Å². The molecule has 0 aromatic carbocycles. The molecule has 7 nitrogen and oxygen atoms in total. The fourth-order valence-electron chi connectivity index (χ4n) is 2.72. The van der Waals surface area contributed by atoms with Crippen molar-refractivity contribution in [3.63, 3.8) is 0 Å². The lowest BCUT2D eigenvalue weighted by atomic mass is 10.2. The first-order valence-corrected chi connectivity index (χ1v) is 8.27. The average molecular weight is 339 g/mol. The van der Waals surface area contributed by atoms with Crippen molar-refractivity contribution >= 4 is 17.5 Å². The van der Waals surface area contributed by atoms with Gasteiger partial charge in [-0.3, -0.25) is 14.6 Å². The van der Waals surface area contributed by atoms with Crippen LogP contribution in [-0.4, -0.2) is 57.8 Å². The van der Waals surface area contributed by atoms with E-state index < -0.39 is 0 Å². The quantitative estimate of drug-likeness (QED) is 0.911. The first-order valence-electron chi connectivity index (χ1n) is 8.27. The van der Waals surface area contributed by atoms with Crippen molar-refractivity contribution < 1.29 is 9.59 Å². The van der Waals surface area contributed by atoms with Gasteiger partial charge in [-0.05, 0) is 29.8 Å². The summed E-state index contributed by atoms with van der Waals surface area (Å²) in [5.41, 5.74) is 2.40. The highest BCUT2D eigenvalue weighted by Gasteiger charge is 2.23. The van der Waals surface area contributed by atoms with Crippen LogP contribution >= 0.6 is 0 Å². The molecule has 1 fully saturated rings. The highest BCUT2D eigenvalue weighted by Crippen LogP contribution is 2.11. The molecule has 1 aliphatic heterocycles. The van der Waals surface area contributed by atoms with Gasteiger partial charge in [0, 0.05) is 52.0 Å². The Morgan fingerprint density at radius 2 is 1.72 bits per heavy atom. The zero-order valence-corrected chi connectivity index (χ0v) is 14.2. The largest absolute Gasteiger partial charge is 0.380 e. The molecule has 0 bridgehead atoms. The minimum Gasteiger partial charge on any atom is -0.380 e. The molecule has 25 heavy (non-hydrogen) atoms. The Kier molecular flexibility index (Phi) is 5.23. The number of nitrogens with one attached hydrogen (secondary N) is 1. The number of nitrogens with zero attached hydrogens (tertiary/aromatic N) is 4. The summed E-state index contributed by atoms with van der Waals surface area (Å²) in [5.74, 6) is -0.0428. The van der Waals surface area contributed by atoms with Crippen LogP contribution in [0.25, 0.3) is 0 Å². The number of carbonyl (C=O) groups excluding carboxylic acids is 2. The molecular formula is C18H21N5O2. The molecule has 0 spiro atoms. The zero-order valence-electron chi connectivity index (χ0n) is 14.2. The standard InChI is InChI=1S/C18H21N5O2/c1-14(24)22-8-10-23(11-9-22)18(25)17-3-2-16(13-21-17)20-12-15-4-6-19-7-5-15/h2-7,13,20H,8-12H2,1H3. The molecule has 3 heterocycles. The number of aromatic nitrogens is 2. The van der Waals surface area contributed by atoms with Crippen molar-refractivity contribution in [2.75, 3.05) is 31.5 Å². The van der Waals surface area contributed by atoms with Crippen molar-refractivity contribution in [2.45, 2.75) is 13.5 Å². The van der Waals surface area contributed by atoms with E-state index in [9.17, 15) is 9.59 Å². The average Bonchev–Trinajstić information content (AvgIpc) is 2.67. The smallest absolute Gasteiger partial charge is 0.272 e. The van der Waals surface area contributed by atoms with E-state index in [1.54, 1.807) is 41.4 Å². The lowest BCUT2D eigenvalue weighted by Crippen LogP contribution is -2.50. The van der Waals surface area contributed by atoms with Crippen LogP contribution in [0.4, 0.5) is 5.69 Å². The second-order valence-corrected chi connectivity index (χ2v) is 5.94. The van der Waals surface area contributed by atoms with Crippen LogP contribution in [0, 0.1) is 0 Å². The number of hydrogen-bond donors (Lipinski definition) is 1. The monoisotopic (exact) mass is 339 g/mol. The first kappa shape index (κ1) is 16.9. The lowest BCUT2D eigenvalue weighted by Gasteiger charge is -2.34. The minimum absolute atomic E-state index is 0.0508. The number of hydrogen-bond acceptors (Lipinski definition) is 5. The molecule has 1 saturated heterocycles. The lowest BCUT2D eigenvalue weighted by molar-refractivity contribution is -0.130. The molecule has 0 saturated carbocycles. The summed E-state index contributed by atoms with van der Waals surface area (Å²) in [6.45, 7) is 4.46. The Balaban J connectivity index is 1.55. The van der Waals surface area contributed by atoms with Crippen molar-refractivity contribution in [1.29, 1.82) is 0 Å². The molecule has 3 rings (SSSR count). The van der Waals surface area contributed by atoms with Crippen LogP contribution in [0.3, 0.4) is 0 Å². The van der Waals surface area contributed by atoms with E-state index in [0.717, 1.165) is 11.3 Å². The van der Waals surface area contributed by atoms with E-state index >= 15 is 0 Å². The predicted molar refractivity (Wildman–Crippen MR) is 94.0 cm³/mol. The maximum atomic E-state index is 12.5. The molecule has 0 unspecified atom stereocenters. The molecule has 1 aliphatic rings. The zero-order chi connectivity index (χ0) is 17.6. The SMILES string of the molecule is CC(=O)N1CCN(C(=O)c2ccc(NCc3ccncc3)cn2)CC1. The Morgan fingerprint density at radius 3 is 2.32 bits per heavy atom. The van der Waals surface area contributed by atoms with Crippen molar-refractivity contribution in [3.05, 3.63) is 54.1 Å². The topological polar surface area (TPSA) is 78.4 Å². The van der Waals surface area contributed by atoms with Gasteiger partial charge in [-0.25, -0.2) is 4.98 Å². The minimum atomic E-state index is -0.0936. The number of rotatable bonds is 4. The molecule has 0 radical (unpaired) electrons. The fourth-order valence-corrected chi connectivity index (χ4v) is 2.72. The Morgan fingerprint density at radius 1 is 1.04 bits per heavy atom. The summed E-state index contributed by atoms with van der Waals surface area (Å²) in [7, 11) is 0. The first-order chi connectivity index (χ1) is 12.1. The van der Waals surface area contributed by atoms with Crippen LogP contribution in [-0.2, 0) is 11.3 Å². The van der Waals surface area contributed by atoms with Crippen LogP contribution < -0.4 is 5.32 Å².